The van der Waals surface area contributed by atoms with E-state index in [4.69, 9.17) is 5.73 Å². The Bertz CT molecular complexity index is 518. The van der Waals surface area contributed by atoms with Gasteiger partial charge >= 0.3 is 0 Å². The second kappa shape index (κ2) is 4.91. The van der Waals surface area contributed by atoms with Crippen LogP contribution in [0.1, 0.15) is 35.9 Å². The lowest BCUT2D eigenvalue weighted by molar-refractivity contribution is -0.122. The molecule has 1 heterocycles. The average molecular weight is 265 g/mol. The molecule has 1 atom stereocenters. The maximum atomic E-state index is 12.1. The third-order valence-electron chi connectivity index (χ3n) is 3.15. The molecular weight excluding hydrogens is 246 g/mol. The quantitative estimate of drug-likeness (QED) is 0.696. The average Bonchev–Trinajstić information content (AvgIpc) is 3.08. The Morgan fingerprint density at radius 1 is 1.47 bits per heavy atom. The summed E-state index contributed by atoms with van der Waals surface area (Å²) >= 11 is 0. The van der Waals surface area contributed by atoms with Crippen LogP contribution < -0.4 is 16.4 Å². The number of hydrogen-bond acceptors (Lipinski definition) is 4. The van der Waals surface area contributed by atoms with Crippen molar-refractivity contribution in [3.63, 3.8) is 0 Å². The Hall–Kier alpha value is -2.05. The summed E-state index contributed by atoms with van der Waals surface area (Å²) in [5, 5.41) is 9.54. The summed E-state index contributed by atoms with van der Waals surface area (Å²) in [5.41, 5.74) is 7.03. The van der Waals surface area contributed by atoms with Crippen molar-refractivity contribution in [2.24, 2.45) is 7.05 Å². The smallest absolute Gasteiger partial charge is 0.272 e. The van der Waals surface area contributed by atoms with Gasteiger partial charge in [0.15, 0.2) is 0 Å². The second-order valence-electron chi connectivity index (χ2n) is 4.95. The largest absolute Gasteiger partial charge is 0.395 e. The predicted octanol–water partition coefficient (Wildman–Crippen LogP) is -0.292. The first-order chi connectivity index (χ1) is 8.90. The van der Waals surface area contributed by atoms with Gasteiger partial charge in [0.25, 0.3) is 5.91 Å². The lowest BCUT2D eigenvalue weighted by atomic mass is 10.2. The van der Waals surface area contributed by atoms with Crippen LogP contribution in [0.15, 0.2) is 0 Å². The van der Waals surface area contributed by atoms with Crippen LogP contribution in [0.2, 0.25) is 0 Å². The SMILES string of the molecule is Cc1nn(C)c(C(=O)NC(C)C(=O)NC2CC2)c1N. The van der Waals surface area contributed by atoms with Gasteiger partial charge in [-0.1, -0.05) is 0 Å². The molecule has 0 spiro atoms. The number of nitrogens with zero attached hydrogens (tertiary/aromatic N) is 2. The van der Waals surface area contributed by atoms with Gasteiger partial charge < -0.3 is 16.4 Å². The number of nitrogens with two attached hydrogens (primary N) is 1. The zero-order valence-corrected chi connectivity index (χ0v) is 11.4. The summed E-state index contributed by atoms with van der Waals surface area (Å²) < 4.78 is 1.42. The molecule has 7 heteroatoms. The number of hydrogen-bond donors (Lipinski definition) is 3. The summed E-state index contributed by atoms with van der Waals surface area (Å²) in [7, 11) is 1.65. The Morgan fingerprint density at radius 3 is 2.58 bits per heavy atom. The van der Waals surface area contributed by atoms with Crippen molar-refractivity contribution in [2.75, 3.05) is 5.73 Å². The maximum Gasteiger partial charge on any atom is 0.272 e. The maximum absolute atomic E-state index is 12.1. The summed E-state index contributed by atoms with van der Waals surface area (Å²) in [4.78, 5) is 23.8. The molecule has 0 bridgehead atoms. The molecule has 0 aromatic carbocycles. The second-order valence-corrected chi connectivity index (χ2v) is 4.95. The summed E-state index contributed by atoms with van der Waals surface area (Å²) in [6.07, 6.45) is 2.03. The molecule has 2 rings (SSSR count). The van der Waals surface area contributed by atoms with Crippen LogP contribution in [0.25, 0.3) is 0 Å². The third-order valence-corrected chi connectivity index (χ3v) is 3.15. The van der Waals surface area contributed by atoms with E-state index in [1.165, 1.54) is 4.68 Å². The molecule has 7 nitrogen and oxygen atoms in total. The lowest BCUT2D eigenvalue weighted by Gasteiger charge is -2.14. The highest BCUT2D eigenvalue weighted by Gasteiger charge is 2.27. The number of carbonyl (C=O) groups excluding carboxylic acids is 2. The number of carbonyl (C=O) groups is 2. The number of nitrogens with one attached hydrogen (secondary N) is 2. The van der Waals surface area contributed by atoms with Gasteiger partial charge in [-0.3, -0.25) is 14.3 Å². The number of amides is 2. The van der Waals surface area contributed by atoms with Crippen molar-refractivity contribution >= 4 is 17.5 Å². The van der Waals surface area contributed by atoms with E-state index < -0.39 is 6.04 Å². The molecule has 0 radical (unpaired) electrons. The number of aromatic nitrogens is 2. The fourth-order valence-corrected chi connectivity index (χ4v) is 1.83. The first-order valence-electron chi connectivity index (χ1n) is 6.30. The first kappa shape index (κ1) is 13.4. The molecule has 0 saturated heterocycles. The standard InChI is InChI=1S/C12H19N5O2/c1-6-9(13)10(17(3)16-6)12(19)14-7(2)11(18)15-8-4-5-8/h7-8H,4-5,13H2,1-3H3,(H,14,19)(H,15,18). The molecule has 104 valence electrons. The normalized spacial score (nSPS) is 15.9. The van der Waals surface area contributed by atoms with Crippen LogP contribution in [0.3, 0.4) is 0 Å². The molecule has 1 aromatic rings. The molecule has 0 aliphatic heterocycles. The van der Waals surface area contributed by atoms with Gasteiger partial charge in [-0.15, -0.1) is 0 Å². The lowest BCUT2D eigenvalue weighted by Crippen LogP contribution is -2.46. The monoisotopic (exact) mass is 265 g/mol. The Balaban J connectivity index is 2.01. The predicted molar refractivity (Wildman–Crippen MR) is 70.5 cm³/mol. The van der Waals surface area contributed by atoms with Crippen LogP contribution in [0, 0.1) is 6.92 Å². The van der Waals surface area contributed by atoms with Crippen LogP contribution in [-0.4, -0.2) is 33.7 Å². The van der Waals surface area contributed by atoms with Crippen molar-refractivity contribution in [1.82, 2.24) is 20.4 Å². The van der Waals surface area contributed by atoms with Gasteiger partial charge in [0.05, 0.1) is 11.4 Å². The fraction of sp³-hybridized carbons (Fsp3) is 0.583. The molecule has 1 aliphatic carbocycles. The van der Waals surface area contributed by atoms with E-state index in [0.717, 1.165) is 12.8 Å². The first-order valence-corrected chi connectivity index (χ1v) is 6.30. The van der Waals surface area contributed by atoms with E-state index in [0.29, 0.717) is 11.4 Å². The van der Waals surface area contributed by atoms with E-state index in [1.54, 1.807) is 20.9 Å². The zero-order valence-electron chi connectivity index (χ0n) is 11.4. The molecule has 4 N–H and O–H groups in total. The Morgan fingerprint density at radius 2 is 2.11 bits per heavy atom. The molecule has 19 heavy (non-hydrogen) atoms. The highest BCUT2D eigenvalue weighted by Crippen LogP contribution is 2.19. The number of anilines is 1. The topological polar surface area (TPSA) is 102 Å². The van der Waals surface area contributed by atoms with Gasteiger partial charge in [0.1, 0.15) is 11.7 Å². The zero-order chi connectivity index (χ0) is 14.2. The van der Waals surface area contributed by atoms with Crippen molar-refractivity contribution in [3.05, 3.63) is 11.4 Å². The summed E-state index contributed by atoms with van der Waals surface area (Å²) in [6.45, 7) is 3.38. The minimum Gasteiger partial charge on any atom is -0.395 e. The summed E-state index contributed by atoms with van der Waals surface area (Å²) in [6, 6.07) is -0.321. The van der Waals surface area contributed by atoms with Crippen LogP contribution in [-0.2, 0) is 11.8 Å². The molecular formula is C12H19N5O2. The van der Waals surface area contributed by atoms with E-state index in [1.807, 2.05) is 0 Å². The van der Waals surface area contributed by atoms with Gasteiger partial charge in [0, 0.05) is 13.1 Å². The van der Waals surface area contributed by atoms with Gasteiger partial charge in [0.2, 0.25) is 5.91 Å². The van der Waals surface area contributed by atoms with Crippen molar-refractivity contribution < 1.29 is 9.59 Å². The molecule has 1 saturated carbocycles. The van der Waals surface area contributed by atoms with E-state index in [9.17, 15) is 9.59 Å². The Kier molecular flexibility index (Phi) is 3.46. The highest BCUT2D eigenvalue weighted by molar-refractivity contribution is 6.00. The van der Waals surface area contributed by atoms with Crippen LogP contribution in [0.5, 0.6) is 0 Å². The van der Waals surface area contributed by atoms with Gasteiger partial charge in [-0.05, 0) is 26.7 Å². The van der Waals surface area contributed by atoms with E-state index in [-0.39, 0.29) is 23.6 Å². The Labute approximate surface area is 111 Å². The molecule has 1 unspecified atom stereocenters. The van der Waals surface area contributed by atoms with Crippen LogP contribution >= 0.6 is 0 Å². The minimum atomic E-state index is -0.595. The number of rotatable bonds is 4. The van der Waals surface area contributed by atoms with E-state index in [2.05, 4.69) is 15.7 Å². The summed E-state index contributed by atoms with van der Waals surface area (Å²) in [5.74, 6) is -0.563. The molecule has 1 fully saturated rings. The fourth-order valence-electron chi connectivity index (χ4n) is 1.83. The van der Waals surface area contributed by atoms with Gasteiger partial charge in [-0.2, -0.15) is 5.10 Å². The van der Waals surface area contributed by atoms with Crippen molar-refractivity contribution in [2.45, 2.75) is 38.8 Å². The minimum absolute atomic E-state index is 0.173. The number of aryl methyl sites for hydroxylation is 2. The number of nitrogen functional groups attached to an aromatic ring is 1. The molecule has 1 aromatic heterocycles. The van der Waals surface area contributed by atoms with Gasteiger partial charge in [-0.25, -0.2) is 0 Å². The van der Waals surface area contributed by atoms with Crippen LogP contribution in [0.4, 0.5) is 5.69 Å². The van der Waals surface area contributed by atoms with E-state index >= 15 is 0 Å². The molecule has 2 amide bonds. The highest BCUT2D eigenvalue weighted by atomic mass is 16.2. The van der Waals surface area contributed by atoms with Crippen molar-refractivity contribution in [3.8, 4) is 0 Å². The molecule has 1 aliphatic rings. The van der Waals surface area contributed by atoms with Crippen molar-refractivity contribution in [1.29, 1.82) is 0 Å². The third kappa shape index (κ3) is 2.86.